The third-order valence-electron chi connectivity index (χ3n) is 4.92. The number of H-pyrrole nitrogens is 1. The van der Waals surface area contributed by atoms with E-state index in [1.54, 1.807) is 0 Å². The minimum absolute atomic E-state index is 0.0569. The molecule has 2 N–H and O–H groups in total. The Bertz CT molecular complexity index is 888. The van der Waals surface area contributed by atoms with Crippen LogP contribution >= 0.6 is 22.9 Å². The Labute approximate surface area is 161 Å². The van der Waals surface area contributed by atoms with E-state index in [1.807, 2.05) is 36.4 Å². The molecule has 136 valence electrons. The second-order valence-electron chi connectivity index (χ2n) is 6.81. The van der Waals surface area contributed by atoms with Crippen LogP contribution in [0.3, 0.4) is 0 Å². The zero-order chi connectivity index (χ0) is 18.1. The molecule has 1 aliphatic heterocycles. The predicted molar refractivity (Wildman–Crippen MR) is 106 cm³/mol. The van der Waals surface area contributed by atoms with Gasteiger partial charge in [-0.1, -0.05) is 23.7 Å². The molecule has 0 unspecified atom stereocenters. The Balaban J connectivity index is 1.43. The van der Waals surface area contributed by atoms with Gasteiger partial charge in [-0.05, 0) is 44.2 Å². The van der Waals surface area contributed by atoms with Gasteiger partial charge >= 0.3 is 0 Å². The summed E-state index contributed by atoms with van der Waals surface area (Å²) in [5.41, 5.74) is 2.04. The molecule has 0 saturated carbocycles. The van der Waals surface area contributed by atoms with E-state index in [2.05, 4.69) is 22.2 Å². The number of likely N-dealkylation sites (tertiary alicyclic amines) is 1. The van der Waals surface area contributed by atoms with Crippen LogP contribution in [0.2, 0.25) is 4.34 Å². The molecular weight excluding hydrogens is 368 g/mol. The van der Waals surface area contributed by atoms with E-state index in [4.69, 9.17) is 16.6 Å². The molecule has 1 saturated heterocycles. The lowest BCUT2D eigenvalue weighted by molar-refractivity contribution is -0.121. The van der Waals surface area contributed by atoms with Crippen LogP contribution in [0.1, 0.15) is 29.6 Å². The molecule has 0 spiro atoms. The fraction of sp³-hybridized carbons (Fsp3) is 0.368. The number of thiophene rings is 1. The summed E-state index contributed by atoms with van der Waals surface area (Å²) in [5.74, 6) is 1.03. The van der Waals surface area contributed by atoms with Crippen LogP contribution < -0.4 is 5.32 Å². The van der Waals surface area contributed by atoms with Gasteiger partial charge in [0.05, 0.1) is 27.8 Å². The molecule has 0 aliphatic carbocycles. The van der Waals surface area contributed by atoms with Crippen molar-refractivity contribution in [2.75, 3.05) is 13.6 Å². The number of nitrogens with one attached hydrogen (secondary N) is 2. The van der Waals surface area contributed by atoms with E-state index in [0.717, 1.165) is 45.5 Å². The summed E-state index contributed by atoms with van der Waals surface area (Å²) in [5, 5.41) is 3.19. The number of fused-ring (bicyclic) bond motifs is 1. The van der Waals surface area contributed by atoms with Gasteiger partial charge in [-0.2, -0.15) is 0 Å². The molecule has 5 nitrogen and oxygen atoms in total. The van der Waals surface area contributed by atoms with Crippen LogP contribution in [-0.2, 0) is 11.2 Å². The van der Waals surface area contributed by atoms with Crippen molar-refractivity contribution in [2.45, 2.75) is 31.3 Å². The summed E-state index contributed by atoms with van der Waals surface area (Å²) >= 11 is 7.40. The second-order valence-corrected chi connectivity index (χ2v) is 8.61. The topological polar surface area (TPSA) is 61.0 Å². The lowest BCUT2D eigenvalue weighted by atomic mass is 9.97. The molecule has 7 heteroatoms. The number of rotatable bonds is 4. The van der Waals surface area contributed by atoms with Gasteiger partial charge in [0.2, 0.25) is 5.91 Å². The molecule has 1 amide bonds. The maximum absolute atomic E-state index is 12.4. The first-order valence-electron chi connectivity index (χ1n) is 8.77. The number of imidazole rings is 1. The number of aromatic amines is 1. The lowest BCUT2D eigenvalue weighted by Crippen LogP contribution is -2.45. The van der Waals surface area contributed by atoms with Crippen molar-refractivity contribution in [1.82, 2.24) is 20.2 Å². The lowest BCUT2D eigenvalue weighted by Gasteiger charge is -2.36. The number of piperidine rings is 1. The zero-order valence-electron chi connectivity index (χ0n) is 14.5. The quantitative estimate of drug-likeness (QED) is 0.715. The van der Waals surface area contributed by atoms with Gasteiger partial charge in [0.15, 0.2) is 0 Å². The number of benzene rings is 1. The summed E-state index contributed by atoms with van der Waals surface area (Å²) in [6, 6.07) is 12.2. The number of carbonyl (C=O) groups is 1. The van der Waals surface area contributed by atoms with Gasteiger partial charge in [-0.25, -0.2) is 4.98 Å². The zero-order valence-corrected chi connectivity index (χ0v) is 16.1. The second kappa shape index (κ2) is 7.39. The Morgan fingerprint density at radius 2 is 2.23 bits per heavy atom. The first-order valence-corrected chi connectivity index (χ1v) is 9.96. The maximum atomic E-state index is 12.4. The number of aromatic nitrogens is 2. The van der Waals surface area contributed by atoms with Crippen molar-refractivity contribution < 1.29 is 4.79 Å². The molecule has 2 aromatic heterocycles. The highest BCUT2D eigenvalue weighted by Crippen LogP contribution is 2.29. The molecule has 1 aliphatic rings. The first-order chi connectivity index (χ1) is 12.6. The molecule has 1 aromatic carbocycles. The van der Waals surface area contributed by atoms with Crippen molar-refractivity contribution in [3.63, 3.8) is 0 Å². The third-order valence-corrected chi connectivity index (χ3v) is 6.15. The molecule has 0 bridgehead atoms. The van der Waals surface area contributed by atoms with Crippen molar-refractivity contribution in [1.29, 1.82) is 0 Å². The molecule has 2 atom stereocenters. The van der Waals surface area contributed by atoms with E-state index in [0.29, 0.717) is 6.42 Å². The van der Waals surface area contributed by atoms with E-state index in [-0.39, 0.29) is 18.0 Å². The molecular formula is C19H21ClN4OS. The fourth-order valence-corrected chi connectivity index (χ4v) is 4.63. The van der Waals surface area contributed by atoms with Crippen molar-refractivity contribution in [3.05, 3.63) is 51.4 Å². The summed E-state index contributed by atoms with van der Waals surface area (Å²) in [7, 11) is 2.11. The molecule has 3 heterocycles. The van der Waals surface area contributed by atoms with Gasteiger partial charge in [-0.15, -0.1) is 11.3 Å². The van der Waals surface area contributed by atoms with Crippen LogP contribution in [0.5, 0.6) is 0 Å². The van der Waals surface area contributed by atoms with Crippen LogP contribution in [-0.4, -0.2) is 40.4 Å². The predicted octanol–water partition coefficient (Wildman–Crippen LogP) is 3.77. The van der Waals surface area contributed by atoms with Gasteiger partial charge < -0.3 is 10.3 Å². The number of carbonyl (C=O) groups excluding carboxylic acids is 1. The SMILES string of the molecule is CN1CC[C@@H](NC(=O)Cc2ccc(Cl)s2)C[C@@H]1c1nc2ccccc2[nH]1. The largest absolute Gasteiger partial charge is 0.353 e. The Morgan fingerprint density at radius 3 is 3.00 bits per heavy atom. The number of hydrogen-bond donors (Lipinski definition) is 2. The molecule has 3 aromatic rings. The highest BCUT2D eigenvalue weighted by atomic mass is 35.5. The minimum atomic E-state index is 0.0569. The van der Waals surface area contributed by atoms with Gasteiger partial charge in [0, 0.05) is 17.5 Å². The number of amides is 1. The van der Waals surface area contributed by atoms with Crippen LogP contribution in [0, 0.1) is 0 Å². The summed E-state index contributed by atoms with van der Waals surface area (Å²) < 4.78 is 0.719. The van der Waals surface area contributed by atoms with Crippen LogP contribution in [0.4, 0.5) is 0 Å². The highest BCUT2D eigenvalue weighted by Gasteiger charge is 2.30. The standard InChI is InChI=1S/C19H21ClN4OS/c1-24-9-8-12(21-18(25)11-13-6-7-17(20)26-13)10-16(24)19-22-14-4-2-3-5-15(14)23-19/h2-7,12,16H,8-11H2,1H3,(H,21,25)(H,22,23)/t12-,16-/m1/s1. The molecule has 1 fully saturated rings. The van der Waals surface area contributed by atoms with E-state index in [1.165, 1.54) is 11.3 Å². The number of nitrogens with zero attached hydrogens (tertiary/aromatic N) is 2. The Kier molecular flexibility index (Phi) is 4.98. The van der Waals surface area contributed by atoms with Crippen molar-refractivity contribution in [3.8, 4) is 0 Å². The summed E-state index contributed by atoms with van der Waals surface area (Å²) in [6.07, 6.45) is 2.19. The van der Waals surface area contributed by atoms with Crippen LogP contribution in [0.25, 0.3) is 11.0 Å². The monoisotopic (exact) mass is 388 g/mol. The Hall–Kier alpha value is -1.89. The smallest absolute Gasteiger partial charge is 0.225 e. The number of hydrogen-bond acceptors (Lipinski definition) is 4. The average molecular weight is 389 g/mol. The van der Waals surface area contributed by atoms with Crippen molar-refractivity contribution in [2.24, 2.45) is 0 Å². The van der Waals surface area contributed by atoms with Crippen molar-refractivity contribution >= 4 is 39.9 Å². The average Bonchev–Trinajstić information content (AvgIpc) is 3.22. The molecule has 26 heavy (non-hydrogen) atoms. The highest BCUT2D eigenvalue weighted by molar-refractivity contribution is 7.16. The maximum Gasteiger partial charge on any atom is 0.225 e. The van der Waals surface area contributed by atoms with Gasteiger partial charge in [0.25, 0.3) is 0 Å². The molecule has 4 rings (SSSR count). The summed E-state index contributed by atoms with van der Waals surface area (Å²) in [6.45, 7) is 0.928. The minimum Gasteiger partial charge on any atom is -0.353 e. The number of halogens is 1. The van der Waals surface area contributed by atoms with Crippen LogP contribution in [0.15, 0.2) is 36.4 Å². The fourth-order valence-electron chi connectivity index (χ4n) is 3.55. The third kappa shape index (κ3) is 3.77. The first kappa shape index (κ1) is 17.5. The molecule has 0 radical (unpaired) electrons. The van der Waals surface area contributed by atoms with Gasteiger partial charge in [-0.3, -0.25) is 9.69 Å². The normalized spacial score (nSPS) is 21.2. The number of para-hydroxylation sites is 2. The Morgan fingerprint density at radius 1 is 1.38 bits per heavy atom. The summed E-state index contributed by atoms with van der Waals surface area (Å²) in [4.78, 5) is 23.9. The van der Waals surface area contributed by atoms with E-state index in [9.17, 15) is 4.79 Å². The van der Waals surface area contributed by atoms with Gasteiger partial charge in [0.1, 0.15) is 5.82 Å². The van der Waals surface area contributed by atoms with E-state index < -0.39 is 0 Å². The van der Waals surface area contributed by atoms with E-state index >= 15 is 0 Å².